The molecular formula is C37H61FN6O11. The molecule has 0 spiro atoms. The van der Waals surface area contributed by atoms with Gasteiger partial charge in [0, 0.05) is 31.6 Å². The number of carboxylic acid groups (broad SMARTS) is 1. The van der Waals surface area contributed by atoms with Crippen molar-refractivity contribution in [3.05, 3.63) is 59.7 Å². The largest absolute Gasteiger partial charge is 0.491 e. The molecule has 3 amide bonds. The van der Waals surface area contributed by atoms with Crippen LogP contribution < -0.4 is 37.3 Å². The van der Waals surface area contributed by atoms with Crippen LogP contribution in [0.2, 0.25) is 0 Å². The molecule has 1 saturated heterocycles. The molecule has 18 heteroatoms. The predicted molar refractivity (Wildman–Crippen MR) is 205 cm³/mol. The number of amides is 3. The standard InChI is InChI=1S/C15H24N2O3.C14H22N2O3.C6H7NO5.CH3F.CH5N/c1-11(2)17(3)9-13(18)10-20-14-6-4-12(5-7-14)8-15(16)19;1-10(2)16-8-12(17)9-19-13-5-3-11(4-6-13)7-14(15)18;8-4(9)2-1-3-5(10)12-6(11)7-3;2*1-2/h4-7,11,13,18H,8-10H2,1-3H3,(H2,16,19);3-6,10,12,16-17H,7-9H2,1-2H3,(H2,15,18);3H,1-2H2,(H,7,11)(H,8,9);1H3;2H2,1H3/t;;3-;;/m..0../s1/i;;;1D;. The molecular weight excluding hydrogens is 723 g/mol. The number of carboxylic acids is 1. The minimum absolute atomic E-state index is 0.0694. The van der Waals surface area contributed by atoms with Crippen molar-refractivity contribution >= 4 is 29.8 Å². The molecule has 1 aliphatic rings. The number of carbonyl (C=O) groups is 5. The monoisotopic (exact) mass is 785 g/mol. The topological polar surface area (TPSA) is 279 Å². The number of aliphatic carboxylic acids is 1. The summed E-state index contributed by atoms with van der Waals surface area (Å²) in [6, 6.07) is 14.2. The molecule has 1 heterocycles. The molecule has 312 valence electrons. The lowest BCUT2D eigenvalue weighted by molar-refractivity contribution is -0.138. The van der Waals surface area contributed by atoms with Crippen molar-refractivity contribution in [3.8, 4) is 11.5 Å². The number of rotatable bonds is 19. The van der Waals surface area contributed by atoms with Gasteiger partial charge in [0.15, 0.2) is 0 Å². The average Bonchev–Trinajstić information content (AvgIpc) is 3.46. The Balaban J connectivity index is 0. The van der Waals surface area contributed by atoms with Gasteiger partial charge in [0.05, 0.1) is 21.4 Å². The summed E-state index contributed by atoms with van der Waals surface area (Å²) in [7, 11) is 2.46. The Bertz CT molecular complexity index is 1410. The number of halogens is 1. The number of esters is 1. The summed E-state index contributed by atoms with van der Waals surface area (Å²) in [5.41, 5.74) is 16.4. The summed E-state index contributed by atoms with van der Waals surface area (Å²) in [6.45, 7) is 9.72. The number of aliphatic hydroxyl groups excluding tert-OH is 2. The van der Waals surface area contributed by atoms with E-state index in [0.717, 1.165) is 11.1 Å². The fraction of sp³-hybridized carbons (Fsp3) is 0.541. The summed E-state index contributed by atoms with van der Waals surface area (Å²) >= 11 is 0. The number of carbonyl (C=O) groups excluding carboxylic acids is 4. The van der Waals surface area contributed by atoms with Gasteiger partial charge in [-0.3, -0.25) is 18.8 Å². The third-order valence-corrected chi connectivity index (χ3v) is 7.05. The van der Waals surface area contributed by atoms with Crippen molar-refractivity contribution in [3.63, 3.8) is 0 Å². The highest BCUT2D eigenvalue weighted by Crippen LogP contribution is 2.14. The molecule has 0 bridgehead atoms. The minimum Gasteiger partial charge on any atom is -0.491 e. The Labute approximate surface area is 324 Å². The van der Waals surface area contributed by atoms with Crippen molar-refractivity contribution < 1.29 is 59.3 Å². The normalized spacial score (nSPS) is 14.1. The molecule has 3 atom stereocenters. The van der Waals surface area contributed by atoms with Gasteiger partial charge < -0.3 is 62.3 Å². The first kappa shape index (κ1) is 50.1. The molecule has 2 aromatic rings. The van der Waals surface area contributed by atoms with E-state index in [4.69, 9.17) is 27.4 Å². The number of hydrogen-bond acceptors (Lipinski definition) is 13. The maximum absolute atomic E-state index is 10.8. The first-order valence-electron chi connectivity index (χ1n) is 18.0. The number of alkyl carbamates (subject to hydrolysis) is 1. The Kier molecular flexibility index (Phi) is 27.7. The first-order chi connectivity index (χ1) is 26.4. The highest BCUT2D eigenvalue weighted by Gasteiger charge is 2.32. The van der Waals surface area contributed by atoms with Crippen molar-refractivity contribution in [1.29, 1.82) is 0 Å². The number of ether oxygens (including phenoxy) is 3. The van der Waals surface area contributed by atoms with Crippen LogP contribution in [0, 0.1) is 0 Å². The van der Waals surface area contributed by atoms with Gasteiger partial charge in [0.1, 0.15) is 43.0 Å². The minimum atomic E-state index is -1.01. The van der Waals surface area contributed by atoms with Crippen LogP contribution in [0.25, 0.3) is 0 Å². The van der Waals surface area contributed by atoms with E-state index in [9.17, 15) is 38.6 Å². The van der Waals surface area contributed by atoms with Crippen LogP contribution in [0.3, 0.4) is 0 Å². The van der Waals surface area contributed by atoms with Gasteiger partial charge in [0.25, 0.3) is 0 Å². The predicted octanol–water partition coefficient (Wildman–Crippen LogP) is 0.893. The molecule has 0 radical (unpaired) electrons. The number of primary amides is 2. The number of alkyl halides is 1. The van der Waals surface area contributed by atoms with Gasteiger partial charge in [-0.1, -0.05) is 38.1 Å². The SMILES string of the molecule is CC(C)N(C)CC(O)COc1ccc(CC(N)=O)cc1.CC(C)NCC(O)COc1ccc(CC(N)=O)cc1.CN.O=C(O)CC[C@@H]1NC(=O)OC1=O.[2H]CF. The lowest BCUT2D eigenvalue weighted by atomic mass is 10.1. The molecule has 2 aromatic carbocycles. The van der Waals surface area contributed by atoms with Crippen LogP contribution in [-0.4, -0.2) is 128 Å². The van der Waals surface area contributed by atoms with Crippen molar-refractivity contribution in [1.82, 2.24) is 15.5 Å². The Hall–Kier alpha value is -4.88. The van der Waals surface area contributed by atoms with E-state index in [-0.39, 0.29) is 50.7 Å². The highest BCUT2D eigenvalue weighted by molar-refractivity contribution is 5.95. The molecule has 1 aliphatic heterocycles. The summed E-state index contributed by atoms with van der Waals surface area (Å²) in [5.74, 6) is -1.10. The van der Waals surface area contributed by atoms with E-state index in [2.05, 4.69) is 39.9 Å². The molecule has 2 unspecified atom stereocenters. The number of cyclic esters (lactones) is 2. The number of hydrogen-bond donors (Lipinski definition) is 8. The Morgan fingerprint density at radius 1 is 0.909 bits per heavy atom. The van der Waals surface area contributed by atoms with Crippen LogP contribution in [0.1, 0.15) is 53.0 Å². The molecule has 0 aromatic heterocycles. The van der Waals surface area contributed by atoms with Gasteiger partial charge in [0.2, 0.25) is 11.8 Å². The fourth-order valence-corrected chi connectivity index (χ4v) is 4.07. The fourth-order valence-electron chi connectivity index (χ4n) is 4.07. The third-order valence-electron chi connectivity index (χ3n) is 7.05. The van der Waals surface area contributed by atoms with E-state index in [1.54, 1.807) is 48.5 Å². The second-order valence-corrected chi connectivity index (χ2v) is 12.4. The van der Waals surface area contributed by atoms with Gasteiger partial charge in [-0.25, -0.2) is 9.59 Å². The molecule has 17 nitrogen and oxygen atoms in total. The zero-order chi connectivity index (χ0) is 43.2. The summed E-state index contributed by atoms with van der Waals surface area (Å²) in [5, 5.41) is 33.1. The molecule has 11 N–H and O–H groups in total. The smallest absolute Gasteiger partial charge is 0.415 e. The Morgan fingerprint density at radius 2 is 1.35 bits per heavy atom. The third kappa shape index (κ3) is 27.4. The quantitative estimate of drug-likeness (QED) is 0.0726. The second kappa shape index (κ2) is 30.4. The molecule has 0 aliphatic carbocycles. The van der Waals surface area contributed by atoms with Crippen molar-refractivity contribution in [2.45, 2.75) is 83.7 Å². The van der Waals surface area contributed by atoms with Crippen LogP contribution in [-0.2, 0) is 36.8 Å². The van der Waals surface area contributed by atoms with Crippen molar-refractivity contribution in [2.75, 3.05) is 47.6 Å². The van der Waals surface area contributed by atoms with E-state index in [1.165, 1.54) is 7.05 Å². The van der Waals surface area contributed by atoms with Gasteiger partial charge in [-0.2, -0.15) is 0 Å². The van der Waals surface area contributed by atoms with E-state index < -0.39 is 43.4 Å². The number of aliphatic hydroxyl groups is 2. The number of likely N-dealkylation sites (N-methyl/N-ethyl adjacent to an activating group) is 1. The number of nitrogens with one attached hydrogen (secondary N) is 2. The zero-order valence-electron chi connectivity index (χ0n) is 33.5. The molecule has 0 saturated carbocycles. The van der Waals surface area contributed by atoms with Gasteiger partial charge >= 0.3 is 18.0 Å². The second-order valence-electron chi connectivity index (χ2n) is 12.4. The van der Waals surface area contributed by atoms with Gasteiger partial charge in [-0.15, -0.1) is 0 Å². The van der Waals surface area contributed by atoms with E-state index in [1.807, 2.05) is 20.9 Å². The maximum Gasteiger partial charge on any atom is 0.415 e. The Morgan fingerprint density at radius 3 is 1.69 bits per heavy atom. The summed E-state index contributed by atoms with van der Waals surface area (Å²) in [6.07, 6.45) is -1.54. The van der Waals surface area contributed by atoms with E-state index >= 15 is 0 Å². The summed E-state index contributed by atoms with van der Waals surface area (Å²) < 4.78 is 30.6. The molecule has 1 fully saturated rings. The molecule has 55 heavy (non-hydrogen) atoms. The maximum atomic E-state index is 10.8. The first-order valence-corrected chi connectivity index (χ1v) is 17.3. The van der Waals surface area contributed by atoms with E-state index in [0.29, 0.717) is 36.7 Å². The lowest BCUT2D eigenvalue weighted by Crippen LogP contribution is -2.36. The average molecular weight is 786 g/mol. The van der Waals surface area contributed by atoms with Crippen LogP contribution in [0.15, 0.2) is 48.5 Å². The molecule has 3 rings (SSSR count). The van der Waals surface area contributed by atoms with Crippen LogP contribution in [0.4, 0.5) is 9.18 Å². The number of nitrogens with zero attached hydrogens (tertiary/aromatic N) is 1. The number of benzene rings is 2. The highest BCUT2D eigenvalue weighted by atomic mass is 19.1. The zero-order valence-corrected chi connectivity index (χ0v) is 32.5. The van der Waals surface area contributed by atoms with Gasteiger partial charge in [-0.05, 0) is 69.8 Å². The van der Waals surface area contributed by atoms with Crippen LogP contribution in [0.5, 0.6) is 11.5 Å². The van der Waals surface area contributed by atoms with Crippen molar-refractivity contribution in [2.24, 2.45) is 17.2 Å². The lowest BCUT2D eigenvalue weighted by Gasteiger charge is -2.24. The number of nitrogens with two attached hydrogens (primary N) is 3. The summed E-state index contributed by atoms with van der Waals surface area (Å²) in [4.78, 5) is 54.8. The van der Waals surface area contributed by atoms with Crippen LogP contribution >= 0.6 is 0 Å².